The number of carboxylic acids is 3. The largest absolute Gasteiger partial charge is 0.480 e. The standard InChI is InChI=1S/C6H13NO2.C4H8N2O3.C4H9NO3/c1-3-4(2)5(7)6(8)9;5-2(4(8)9)1-3(6)7;1-2(6)3(5)4(7)8/h4-5H,3,7H2,1-2H3,(H,8,9);2H,1,5H2,(H2,6,7)(H,8,9);2-3,6H,5H2,1H3,(H,7,8). The summed E-state index contributed by atoms with van der Waals surface area (Å²) >= 11 is 0. The number of amides is 1. The first kappa shape index (κ1) is 28.5. The van der Waals surface area contributed by atoms with Crippen molar-refractivity contribution < 1.29 is 39.6 Å². The van der Waals surface area contributed by atoms with Crippen molar-refractivity contribution in [2.75, 3.05) is 0 Å². The van der Waals surface area contributed by atoms with Gasteiger partial charge in [0, 0.05) is 0 Å². The number of carboxylic acid groups (broad SMARTS) is 3. The zero-order chi connectivity index (χ0) is 21.6. The molecule has 1 amide bonds. The molecule has 12 nitrogen and oxygen atoms in total. The third-order valence-electron chi connectivity index (χ3n) is 3.09. The van der Waals surface area contributed by atoms with E-state index < -0.39 is 48.0 Å². The number of aliphatic hydroxyl groups excluding tert-OH is 1. The number of carbonyl (C=O) groups excluding carboxylic acids is 1. The van der Waals surface area contributed by atoms with Gasteiger partial charge in [-0.05, 0) is 12.8 Å². The fraction of sp³-hybridized carbons (Fsp3) is 0.714. The van der Waals surface area contributed by atoms with E-state index in [1.807, 2.05) is 13.8 Å². The van der Waals surface area contributed by atoms with Gasteiger partial charge in [0.25, 0.3) is 0 Å². The first-order valence-corrected chi connectivity index (χ1v) is 7.60. The Hall–Kier alpha value is -2.28. The van der Waals surface area contributed by atoms with Crippen molar-refractivity contribution in [1.29, 1.82) is 0 Å². The lowest BCUT2D eigenvalue weighted by Gasteiger charge is -2.11. The van der Waals surface area contributed by atoms with E-state index in [1.165, 1.54) is 6.92 Å². The maximum Gasteiger partial charge on any atom is 0.323 e. The average Bonchev–Trinajstić information content (AvgIpc) is 2.52. The van der Waals surface area contributed by atoms with Gasteiger partial charge < -0.3 is 43.4 Å². The van der Waals surface area contributed by atoms with Crippen LogP contribution in [0.15, 0.2) is 0 Å². The Balaban J connectivity index is -0.000000306. The van der Waals surface area contributed by atoms with Crippen LogP contribution in [0.5, 0.6) is 0 Å². The zero-order valence-electron chi connectivity index (χ0n) is 15.0. The highest BCUT2D eigenvalue weighted by Crippen LogP contribution is 2.04. The summed E-state index contributed by atoms with van der Waals surface area (Å²) in [7, 11) is 0. The van der Waals surface area contributed by atoms with Crippen LogP contribution in [-0.4, -0.2) is 68.5 Å². The van der Waals surface area contributed by atoms with E-state index >= 15 is 0 Å². The topological polar surface area (TPSA) is 253 Å². The second-order valence-electron chi connectivity index (χ2n) is 5.47. The minimum Gasteiger partial charge on any atom is -0.480 e. The lowest BCUT2D eigenvalue weighted by atomic mass is 10.0. The monoisotopic (exact) mass is 382 g/mol. The van der Waals surface area contributed by atoms with E-state index in [4.69, 9.17) is 37.6 Å². The number of hydrogen-bond acceptors (Lipinski definition) is 8. The molecular weight excluding hydrogens is 352 g/mol. The molecule has 12 N–H and O–H groups in total. The number of primary amides is 1. The van der Waals surface area contributed by atoms with Crippen molar-refractivity contribution >= 4 is 23.8 Å². The summed E-state index contributed by atoms with van der Waals surface area (Å²) in [6.07, 6.45) is -0.476. The summed E-state index contributed by atoms with van der Waals surface area (Å²) in [4.78, 5) is 39.9. The summed E-state index contributed by atoms with van der Waals surface area (Å²) in [5, 5.41) is 33.0. The number of carbonyl (C=O) groups is 4. The maximum absolute atomic E-state index is 10.2. The Morgan fingerprint density at radius 2 is 1.23 bits per heavy atom. The first-order valence-electron chi connectivity index (χ1n) is 7.60. The Kier molecular flexibility index (Phi) is 16.5. The average molecular weight is 382 g/mol. The molecule has 5 atom stereocenters. The highest BCUT2D eigenvalue weighted by Gasteiger charge is 2.17. The van der Waals surface area contributed by atoms with Crippen molar-refractivity contribution in [2.24, 2.45) is 28.9 Å². The molecule has 26 heavy (non-hydrogen) atoms. The Bertz CT molecular complexity index is 458. The maximum atomic E-state index is 10.2. The van der Waals surface area contributed by atoms with Gasteiger partial charge >= 0.3 is 17.9 Å². The predicted octanol–water partition coefficient (Wildman–Crippen LogP) is -2.50. The predicted molar refractivity (Wildman–Crippen MR) is 91.8 cm³/mol. The highest BCUT2D eigenvalue weighted by molar-refractivity contribution is 5.83. The third kappa shape index (κ3) is 16.6. The van der Waals surface area contributed by atoms with E-state index in [9.17, 15) is 19.2 Å². The molecule has 12 heteroatoms. The minimum atomic E-state index is -1.21. The van der Waals surface area contributed by atoms with Gasteiger partial charge in [0.1, 0.15) is 18.1 Å². The summed E-state index contributed by atoms with van der Waals surface area (Å²) < 4.78 is 0. The number of nitrogens with two attached hydrogens (primary N) is 4. The molecule has 0 heterocycles. The molecule has 0 radical (unpaired) electrons. The second-order valence-corrected chi connectivity index (χ2v) is 5.47. The van der Waals surface area contributed by atoms with E-state index in [2.05, 4.69) is 5.73 Å². The minimum absolute atomic E-state index is 0.0718. The first-order chi connectivity index (χ1) is 11.7. The van der Waals surface area contributed by atoms with Crippen molar-refractivity contribution in [1.82, 2.24) is 0 Å². The number of aliphatic carboxylic acids is 3. The molecule has 0 aliphatic carbocycles. The van der Waals surface area contributed by atoms with Gasteiger partial charge in [-0.2, -0.15) is 0 Å². The normalized spacial score (nSPS) is 15.5. The molecule has 0 aromatic rings. The van der Waals surface area contributed by atoms with Gasteiger partial charge in [-0.1, -0.05) is 20.3 Å². The SMILES string of the molecule is CC(O)C(N)C(=O)O.CCC(C)C(N)C(=O)O.NC(=O)CC(N)C(=O)O. The van der Waals surface area contributed by atoms with E-state index in [0.717, 1.165) is 6.42 Å². The molecule has 0 aliphatic heterocycles. The van der Waals surface area contributed by atoms with Crippen LogP contribution in [-0.2, 0) is 19.2 Å². The van der Waals surface area contributed by atoms with Crippen LogP contribution in [0.1, 0.15) is 33.6 Å². The quantitative estimate of drug-likeness (QED) is 0.217. The van der Waals surface area contributed by atoms with Crippen LogP contribution < -0.4 is 22.9 Å². The molecular formula is C14H30N4O8. The van der Waals surface area contributed by atoms with Gasteiger partial charge in [0.2, 0.25) is 5.91 Å². The molecule has 0 saturated carbocycles. The fourth-order valence-electron chi connectivity index (χ4n) is 1.01. The van der Waals surface area contributed by atoms with Crippen LogP contribution in [0.25, 0.3) is 0 Å². The molecule has 0 fully saturated rings. The number of aliphatic hydroxyl groups is 1. The number of rotatable bonds is 8. The molecule has 0 aliphatic rings. The summed E-state index contributed by atoms with van der Waals surface area (Å²) in [5.41, 5.74) is 19.7. The molecule has 0 bridgehead atoms. The molecule has 0 saturated heterocycles. The summed E-state index contributed by atoms with van der Waals surface area (Å²) in [6, 6.07) is -3.02. The molecule has 154 valence electrons. The molecule has 0 rings (SSSR count). The number of hydrogen-bond donors (Lipinski definition) is 8. The summed E-state index contributed by atoms with van der Waals surface area (Å²) in [6.45, 7) is 5.09. The van der Waals surface area contributed by atoms with Crippen molar-refractivity contribution in [3.05, 3.63) is 0 Å². The van der Waals surface area contributed by atoms with Gasteiger partial charge in [-0.3, -0.25) is 19.2 Å². The lowest BCUT2D eigenvalue weighted by Crippen LogP contribution is -2.39. The van der Waals surface area contributed by atoms with Crippen LogP contribution in [0.2, 0.25) is 0 Å². The van der Waals surface area contributed by atoms with Gasteiger partial charge in [-0.15, -0.1) is 0 Å². The second kappa shape index (κ2) is 15.0. The Morgan fingerprint density at radius 3 is 1.31 bits per heavy atom. The van der Waals surface area contributed by atoms with Crippen LogP contribution >= 0.6 is 0 Å². The van der Waals surface area contributed by atoms with Crippen LogP contribution in [0.4, 0.5) is 0 Å². The smallest absolute Gasteiger partial charge is 0.323 e. The lowest BCUT2D eigenvalue weighted by molar-refractivity contribution is -0.141. The zero-order valence-corrected chi connectivity index (χ0v) is 15.0. The van der Waals surface area contributed by atoms with Gasteiger partial charge in [-0.25, -0.2) is 0 Å². The van der Waals surface area contributed by atoms with Crippen LogP contribution in [0.3, 0.4) is 0 Å². The Morgan fingerprint density at radius 1 is 0.846 bits per heavy atom. The summed E-state index contributed by atoms with van der Waals surface area (Å²) in [5.74, 6) is -3.94. The van der Waals surface area contributed by atoms with Gasteiger partial charge in [0.15, 0.2) is 0 Å². The molecule has 0 aromatic heterocycles. The molecule has 0 spiro atoms. The fourth-order valence-corrected chi connectivity index (χ4v) is 1.01. The van der Waals surface area contributed by atoms with E-state index in [-0.39, 0.29) is 12.3 Å². The van der Waals surface area contributed by atoms with E-state index in [1.54, 1.807) is 0 Å². The molecule has 0 aromatic carbocycles. The Labute approximate surface area is 151 Å². The van der Waals surface area contributed by atoms with Crippen molar-refractivity contribution in [2.45, 2.75) is 57.8 Å². The van der Waals surface area contributed by atoms with E-state index in [0.29, 0.717) is 0 Å². The highest BCUT2D eigenvalue weighted by atomic mass is 16.4. The van der Waals surface area contributed by atoms with Crippen LogP contribution in [0, 0.1) is 5.92 Å². The van der Waals surface area contributed by atoms with Crippen molar-refractivity contribution in [3.63, 3.8) is 0 Å². The third-order valence-corrected chi connectivity index (χ3v) is 3.09. The molecule has 5 unspecified atom stereocenters. The van der Waals surface area contributed by atoms with Crippen molar-refractivity contribution in [3.8, 4) is 0 Å². The van der Waals surface area contributed by atoms with Gasteiger partial charge in [0.05, 0.1) is 12.5 Å².